The van der Waals surface area contributed by atoms with Crippen molar-refractivity contribution >= 4 is 39.1 Å². The van der Waals surface area contributed by atoms with Crippen LogP contribution in [-0.4, -0.2) is 49.2 Å². The third kappa shape index (κ3) is 5.96. The number of nitrogens with zero attached hydrogens (tertiary/aromatic N) is 2. The number of anilines is 2. The van der Waals surface area contributed by atoms with Crippen molar-refractivity contribution < 1.29 is 31.8 Å². The van der Waals surface area contributed by atoms with Crippen LogP contribution in [0.2, 0.25) is 0 Å². The van der Waals surface area contributed by atoms with Gasteiger partial charge in [-0.2, -0.15) is 8.70 Å². The Hall–Kier alpha value is -2.63. The van der Waals surface area contributed by atoms with Gasteiger partial charge in [-0.1, -0.05) is 26.7 Å². The first-order valence-electron chi connectivity index (χ1n) is 11.2. The number of thioether (sulfide) groups is 1. The first kappa shape index (κ1) is 27.0. The fourth-order valence-electron chi connectivity index (χ4n) is 3.83. The standard InChI is InChI=1S/C24H28F2N2O5S2/c1-4-6-7-18-14-28(17-10-8-16(25)9-11-17)20-12-22(34-5-2)21(33-15-19(26)24(29)30)13-23(20)35(31,32)27(18)3/h8-13,15,18H,4-7,14H2,1-3H3,(H,29,30)/b19-15-. The summed E-state index contributed by atoms with van der Waals surface area (Å²) in [6.07, 6.45) is 2.79. The normalized spacial score (nSPS) is 18.1. The van der Waals surface area contributed by atoms with Gasteiger partial charge in [0.25, 0.3) is 0 Å². The Labute approximate surface area is 208 Å². The molecule has 1 unspecified atom stereocenters. The number of unbranched alkanes of at least 4 members (excludes halogenated alkanes) is 1. The Morgan fingerprint density at radius 3 is 2.54 bits per heavy atom. The molecule has 2 aromatic carbocycles. The van der Waals surface area contributed by atoms with E-state index in [1.54, 1.807) is 18.2 Å². The largest absolute Gasteiger partial charge is 0.476 e. The molecule has 3 rings (SSSR count). The van der Waals surface area contributed by atoms with Crippen LogP contribution in [0.25, 0.3) is 0 Å². The van der Waals surface area contributed by atoms with Crippen LogP contribution in [0, 0.1) is 5.82 Å². The van der Waals surface area contributed by atoms with E-state index in [-0.39, 0.29) is 16.7 Å². The van der Waals surface area contributed by atoms with E-state index in [2.05, 4.69) is 0 Å². The van der Waals surface area contributed by atoms with E-state index in [1.165, 1.54) is 41.3 Å². The lowest BCUT2D eigenvalue weighted by Crippen LogP contribution is -2.40. The predicted molar refractivity (Wildman–Crippen MR) is 132 cm³/mol. The van der Waals surface area contributed by atoms with E-state index >= 15 is 0 Å². The lowest BCUT2D eigenvalue weighted by atomic mass is 10.1. The number of hydrogen-bond donors (Lipinski definition) is 1. The number of likely N-dealkylation sites (N-methyl/N-ethyl adjacent to an activating group) is 1. The molecule has 1 aliphatic rings. The van der Waals surface area contributed by atoms with E-state index in [4.69, 9.17) is 9.84 Å². The molecular weight excluding hydrogens is 498 g/mol. The van der Waals surface area contributed by atoms with Crippen LogP contribution in [0.5, 0.6) is 5.75 Å². The van der Waals surface area contributed by atoms with Gasteiger partial charge in [0, 0.05) is 31.4 Å². The SMILES string of the molecule is CCCCC1CN(c2ccc(F)cc2)c2cc(SCC)c(O/C=C(\F)C(=O)O)cc2S(=O)(=O)N1C. The van der Waals surface area contributed by atoms with Crippen molar-refractivity contribution in [3.63, 3.8) is 0 Å². The number of carboxylic acid groups (broad SMARTS) is 1. The van der Waals surface area contributed by atoms with Gasteiger partial charge >= 0.3 is 5.97 Å². The second kappa shape index (κ2) is 11.4. The minimum absolute atomic E-state index is 0.0232. The molecule has 0 bridgehead atoms. The van der Waals surface area contributed by atoms with Gasteiger partial charge in [-0.15, -0.1) is 11.8 Å². The van der Waals surface area contributed by atoms with Crippen molar-refractivity contribution in [2.45, 2.75) is 48.9 Å². The highest BCUT2D eigenvalue weighted by Gasteiger charge is 2.37. The maximum absolute atomic E-state index is 13.7. The first-order valence-corrected chi connectivity index (χ1v) is 13.6. The number of aliphatic carboxylic acids is 1. The second-order valence-electron chi connectivity index (χ2n) is 7.99. The van der Waals surface area contributed by atoms with E-state index in [1.807, 2.05) is 18.7 Å². The smallest absolute Gasteiger partial charge is 0.368 e. The summed E-state index contributed by atoms with van der Waals surface area (Å²) in [4.78, 5) is 13.1. The molecule has 1 N–H and O–H groups in total. The van der Waals surface area contributed by atoms with Crippen LogP contribution >= 0.6 is 11.8 Å². The van der Waals surface area contributed by atoms with E-state index in [9.17, 15) is 22.0 Å². The highest BCUT2D eigenvalue weighted by atomic mass is 32.2. The number of ether oxygens (including phenoxy) is 1. The fourth-order valence-corrected chi connectivity index (χ4v) is 6.15. The van der Waals surface area contributed by atoms with E-state index in [0.717, 1.165) is 12.8 Å². The summed E-state index contributed by atoms with van der Waals surface area (Å²) >= 11 is 1.34. The number of hydrogen-bond acceptors (Lipinski definition) is 6. The lowest BCUT2D eigenvalue weighted by Gasteiger charge is -2.29. The van der Waals surface area contributed by atoms with Gasteiger partial charge in [0.1, 0.15) is 22.7 Å². The van der Waals surface area contributed by atoms with Gasteiger partial charge in [-0.3, -0.25) is 0 Å². The van der Waals surface area contributed by atoms with Crippen molar-refractivity contribution in [3.05, 3.63) is 54.3 Å². The zero-order valence-electron chi connectivity index (χ0n) is 19.7. The molecule has 0 saturated heterocycles. The molecule has 0 saturated carbocycles. The third-order valence-corrected chi connectivity index (χ3v) is 8.56. The van der Waals surface area contributed by atoms with Gasteiger partial charge in [-0.05, 0) is 42.5 Å². The minimum atomic E-state index is -4.00. The molecule has 1 atom stereocenters. The van der Waals surface area contributed by atoms with Gasteiger partial charge < -0.3 is 14.7 Å². The minimum Gasteiger partial charge on any atom is -0.476 e. The number of fused-ring (bicyclic) bond motifs is 1. The van der Waals surface area contributed by atoms with Gasteiger partial charge in [0.15, 0.2) is 0 Å². The summed E-state index contributed by atoms with van der Waals surface area (Å²) in [7, 11) is -2.48. The first-order chi connectivity index (χ1) is 16.6. The van der Waals surface area contributed by atoms with Crippen LogP contribution in [0.1, 0.15) is 33.1 Å². The molecule has 190 valence electrons. The molecule has 0 fully saturated rings. The number of carboxylic acids is 1. The molecule has 1 heterocycles. The van der Waals surface area contributed by atoms with Gasteiger partial charge in [0.2, 0.25) is 15.9 Å². The quantitative estimate of drug-likeness (QED) is 0.261. The summed E-state index contributed by atoms with van der Waals surface area (Å²) in [5, 5.41) is 8.80. The summed E-state index contributed by atoms with van der Waals surface area (Å²) in [6.45, 7) is 4.26. The maximum atomic E-state index is 13.7. The Morgan fingerprint density at radius 2 is 1.94 bits per heavy atom. The van der Waals surface area contributed by atoms with Crippen molar-refractivity contribution in [2.75, 3.05) is 24.2 Å². The molecular formula is C24H28F2N2O5S2. The van der Waals surface area contributed by atoms with Crippen molar-refractivity contribution in [2.24, 2.45) is 0 Å². The Morgan fingerprint density at radius 1 is 1.26 bits per heavy atom. The number of carbonyl (C=O) groups is 1. The lowest BCUT2D eigenvalue weighted by molar-refractivity contribution is -0.134. The summed E-state index contributed by atoms with van der Waals surface area (Å²) in [5.74, 6) is -3.09. The highest BCUT2D eigenvalue weighted by Crippen LogP contribution is 2.44. The van der Waals surface area contributed by atoms with Crippen LogP contribution < -0.4 is 9.64 Å². The monoisotopic (exact) mass is 526 g/mol. The molecule has 11 heteroatoms. The molecule has 7 nitrogen and oxygen atoms in total. The number of halogens is 2. The molecule has 0 aromatic heterocycles. The molecule has 0 amide bonds. The van der Waals surface area contributed by atoms with Crippen LogP contribution in [0.15, 0.2) is 58.3 Å². The average Bonchev–Trinajstić information content (AvgIpc) is 2.90. The zero-order chi connectivity index (χ0) is 25.8. The number of benzene rings is 2. The summed E-state index contributed by atoms with van der Waals surface area (Å²) < 4.78 is 61.3. The highest BCUT2D eigenvalue weighted by molar-refractivity contribution is 7.99. The maximum Gasteiger partial charge on any atom is 0.368 e. The van der Waals surface area contributed by atoms with Gasteiger partial charge in [0.05, 0.1) is 10.6 Å². The fraction of sp³-hybridized carbons (Fsp3) is 0.375. The summed E-state index contributed by atoms with van der Waals surface area (Å²) in [6, 6.07) is 8.40. The van der Waals surface area contributed by atoms with Crippen molar-refractivity contribution in [1.82, 2.24) is 4.31 Å². The number of rotatable bonds is 9. The molecule has 35 heavy (non-hydrogen) atoms. The van der Waals surface area contributed by atoms with E-state index < -0.39 is 27.6 Å². The molecule has 0 spiro atoms. The second-order valence-corrected chi connectivity index (χ2v) is 11.3. The third-order valence-electron chi connectivity index (χ3n) is 5.70. The molecule has 0 radical (unpaired) electrons. The summed E-state index contributed by atoms with van der Waals surface area (Å²) in [5.41, 5.74) is 1.01. The number of sulfonamides is 1. The zero-order valence-corrected chi connectivity index (χ0v) is 21.3. The van der Waals surface area contributed by atoms with Crippen LogP contribution in [0.3, 0.4) is 0 Å². The molecule has 1 aliphatic heterocycles. The topological polar surface area (TPSA) is 87.1 Å². The Balaban J connectivity index is 2.24. The van der Waals surface area contributed by atoms with Gasteiger partial charge in [-0.25, -0.2) is 17.6 Å². The molecule has 0 aliphatic carbocycles. The van der Waals surface area contributed by atoms with Crippen molar-refractivity contribution in [3.8, 4) is 5.75 Å². The Bertz CT molecular complexity index is 1200. The van der Waals surface area contributed by atoms with Crippen LogP contribution in [0.4, 0.5) is 20.2 Å². The molecule has 2 aromatic rings. The predicted octanol–water partition coefficient (Wildman–Crippen LogP) is 5.54. The van der Waals surface area contributed by atoms with E-state index in [0.29, 0.717) is 41.3 Å². The van der Waals surface area contributed by atoms with Crippen LogP contribution in [-0.2, 0) is 14.8 Å². The van der Waals surface area contributed by atoms with Crippen molar-refractivity contribution in [1.29, 1.82) is 0 Å². The Kier molecular flexibility index (Phi) is 8.79. The average molecular weight is 527 g/mol.